The number of benzene rings is 3. The van der Waals surface area contributed by atoms with Crippen molar-refractivity contribution in [2.45, 2.75) is 4.90 Å². The summed E-state index contributed by atoms with van der Waals surface area (Å²) in [5.41, 5.74) is 0.608. The van der Waals surface area contributed by atoms with E-state index < -0.39 is 14.7 Å². The molecule has 0 fully saturated rings. The van der Waals surface area contributed by atoms with Crippen LogP contribution in [0.4, 0.5) is 0 Å². The first-order chi connectivity index (χ1) is 11.9. The van der Waals surface area contributed by atoms with Crippen molar-refractivity contribution in [3.8, 4) is 6.07 Å². The van der Waals surface area contributed by atoms with Gasteiger partial charge in [0.05, 0.1) is 9.92 Å². The molecule has 0 heterocycles. The van der Waals surface area contributed by atoms with E-state index in [0.717, 1.165) is 10.8 Å². The van der Waals surface area contributed by atoms with E-state index in [-0.39, 0.29) is 14.9 Å². The van der Waals surface area contributed by atoms with E-state index in [0.29, 0.717) is 5.56 Å². The summed E-state index contributed by atoms with van der Waals surface area (Å²) in [6.45, 7) is 0. The van der Waals surface area contributed by atoms with E-state index in [2.05, 4.69) is 0 Å². The fourth-order valence-electron chi connectivity index (χ4n) is 2.42. The lowest BCUT2D eigenvalue weighted by Gasteiger charge is -2.06. The van der Waals surface area contributed by atoms with Gasteiger partial charge >= 0.3 is 0 Å². The second-order valence-electron chi connectivity index (χ2n) is 5.31. The van der Waals surface area contributed by atoms with E-state index >= 15 is 0 Å². The normalized spacial score (nSPS) is 12.1. The Bertz CT molecular complexity index is 1150. The minimum Gasteiger partial charge on any atom is -0.218 e. The summed E-state index contributed by atoms with van der Waals surface area (Å²) in [5, 5.41) is 11.6. The van der Waals surface area contributed by atoms with Crippen LogP contribution in [0.15, 0.2) is 70.5 Å². The molecule has 0 bridgehead atoms. The number of halogens is 2. The molecule has 0 unspecified atom stereocenters. The van der Waals surface area contributed by atoms with Gasteiger partial charge in [-0.05, 0) is 46.7 Å². The Morgan fingerprint density at radius 1 is 0.960 bits per heavy atom. The zero-order chi connectivity index (χ0) is 18.0. The van der Waals surface area contributed by atoms with Crippen LogP contribution < -0.4 is 0 Å². The van der Waals surface area contributed by atoms with Crippen LogP contribution in [0, 0.1) is 11.3 Å². The number of nitrogens with zero attached hydrogens (tertiary/aromatic N) is 1. The first kappa shape index (κ1) is 17.5. The van der Waals surface area contributed by atoms with Crippen LogP contribution in [0.25, 0.3) is 16.8 Å². The largest absolute Gasteiger partial charge is 0.218 e. The van der Waals surface area contributed by atoms with E-state index in [1.165, 1.54) is 24.3 Å². The van der Waals surface area contributed by atoms with Gasteiger partial charge in [0.1, 0.15) is 11.0 Å². The molecule has 0 atom stereocenters. The van der Waals surface area contributed by atoms with Crippen LogP contribution >= 0.6 is 23.2 Å². The summed E-state index contributed by atoms with van der Waals surface area (Å²) in [6, 6.07) is 19.0. The maximum atomic E-state index is 12.8. The minimum atomic E-state index is -4.07. The smallest absolute Gasteiger partial charge is 0.218 e. The van der Waals surface area contributed by atoms with Crippen molar-refractivity contribution in [3.05, 3.63) is 81.2 Å². The fraction of sp³-hybridized carbons (Fsp3) is 0. The van der Waals surface area contributed by atoms with E-state index in [1.54, 1.807) is 12.1 Å². The van der Waals surface area contributed by atoms with Crippen LogP contribution in [0.3, 0.4) is 0 Å². The Hall–Kier alpha value is -2.32. The Morgan fingerprint density at radius 2 is 1.68 bits per heavy atom. The number of nitriles is 1. The average Bonchev–Trinajstić information content (AvgIpc) is 2.61. The highest BCUT2D eigenvalue weighted by Gasteiger charge is 2.24. The lowest BCUT2D eigenvalue weighted by molar-refractivity contribution is 0.603. The predicted octanol–water partition coefficient (Wildman–Crippen LogP) is 5.48. The minimum absolute atomic E-state index is 0.0176. The van der Waals surface area contributed by atoms with Crippen molar-refractivity contribution in [2.75, 3.05) is 0 Å². The first-order valence-corrected chi connectivity index (χ1v) is 9.46. The van der Waals surface area contributed by atoms with Gasteiger partial charge in [-0.3, -0.25) is 0 Å². The molecule has 0 N–H and O–H groups in total. The molecular weight excluding hydrogens is 377 g/mol. The number of allylic oxidation sites excluding steroid dienone is 1. The molecule has 0 aliphatic carbocycles. The molecule has 0 saturated carbocycles. The standard InChI is InChI=1S/C19H11Cl2NO2S/c20-16-7-8-18(21)19(11-16)25(23,24)17(12-22)10-13-5-6-14-3-1-2-4-15(14)9-13/h1-11H/b17-10+. The Labute approximate surface area is 155 Å². The zero-order valence-electron chi connectivity index (χ0n) is 12.8. The summed E-state index contributed by atoms with van der Waals surface area (Å²) >= 11 is 11.9. The molecule has 0 saturated heterocycles. The maximum Gasteiger partial charge on any atom is 0.218 e. The van der Waals surface area contributed by atoms with Gasteiger partial charge in [-0.25, -0.2) is 8.42 Å². The predicted molar refractivity (Wildman–Crippen MR) is 101 cm³/mol. The van der Waals surface area contributed by atoms with Gasteiger partial charge < -0.3 is 0 Å². The summed E-state index contributed by atoms with van der Waals surface area (Å²) in [7, 11) is -4.07. The van der Waals surface area contributed by atoms with Crippen molar-refractivity contribution < 1.29 is 8.42 Å². The zero-order valence-corrected chi connectivity index (χ0v) is 15.1. The monoisotopic (exact) mass is 387 g/mol. The molecule has 25 heavy (non-hydrogen) atoms. The molecule has 3 aromatic carbocycles. The molecule has 3 nitrogen and oxygen atoms in total. The van der Waals surface area contributed by atoms with E-state index in [4.69, 9.17) is 23.2 Å². The fourth-order valence-corrected chi connectivity index (χ4v) is 4.33. The number of rotatable bonds is 3. The lowest BCUT2D eigenvalue weighted by atomic mass is 10.1. The van der Waals surface area contributed by atoms with Gasteiger partial charge in [-0.1, -0.05) is 59.6 Å². The summed E-state index contributed by atoms with van der Waals surface area (Å²) in [6.07, 6.45) is 1.33. The highest BCUT2D eigenvalue weighted by molar-refractivity contribution is 7.95. The quantitative estimate of drug-likeness (QED) is 0.558. The van der Waals surface area contributed by atoms with Gasteiger partial charge in [-0.15, -0.1) is 0 Å². The molecule has 6 heteroatoms. The number of hydrogen-bond donors (Lipinski definition) is 0. The van der Waals surface area contributed by atoms with Crippen LogP contribution in [0.2, 0.25) is 10.0 Å². The number of sulfone groups is 1. The molecule has 0 aliphatic rings. The summed E-state index contributed by atoms with van der Waals surface area (Å²) in [4.78, 5) is -0.581. The first-order valence-electron chi connectivity index (χ1n) is 7.22. The van der Waals surface area contributed by atoms with Crippen LogP contribution in [-0.4, -0.2) is 8.42 Å². The van der Waals surface area contributed by atoms with Crippen LogP contribution in [0.5, 0.6) is 0 Å². The Kier molecular flexibility index (Phi) is 4.82. The molecular formula is C19H11Cl2NO2S. The third kappa shape index (κ3) is 3.54. The third-order valence-electron chi connectivity index (χ3n) is 3.65. The SMILES string of the molecule is N#C/C(=C\c1ccc2ccccc2c1)S(=O)(=O)c1cc(Cl)ccc1Cl. The maximum absolute atomic E-state index is 12.8. The van der Waals surface area contributed by atoms with Gasteiger partial charge in [0.15, 0.2) is 0 Å². The van der Waals surface area contributed by atoms with Gasteiger partial charge in [0, 0.05) is 5.02 Å². The lowest BCUT2D eigenvalue weighted by Crippen LogP contribution is -2.04. The topological polar surface area (TPSA) is 57.9 Å². The summed E-state index contributed by atoms with van der Waals surface area (Å²) < 4.78 is 25.5. The molecule has 0 amide bonds. The van der Waals surface area contributed by atoms with Crippen molar-refractivity contribution in [1.82, 2.24) is 0 Å². The molecule has 124 valence electrons. The molecule has 0 spiro atoms. The average molecular weight is 388 g/mol. The number of fused-ring (bicyclic) bond motifs is 1. The molecule has 3 aromatic rings. The molecule has 0 aromatic heterocycles. The summed E-state index contributed by atoms with van der Waals surface area (Å²) in [5.74, 6) is 0. The Morgan fingerprint density at radius 3 is 2.40 bits per heavy atom. The molecule has 0 aliphatic heterocycles. The second-order valence-corrected chi connectivity index (χ2v) is 8.04. The molecule has 0 radical (unpaired) electrons. The van der Waals surface area contributed by atoms with Crippen molar-refractivity contribution in [1.29, 1.82) is 5.26 Å². The van der Waals surface area contributed by atoms with Crippen molar-refractivity contribution in [3.63, 3.8) is 0 Å². The van der Waals surface area contributed by atoms with Crippen LogP contribution in [0.1, 0.15) is 5.56 Å². The molecule has 3 rings (SSSR count). The highest BCUT2D eigenvalue weighted by Crippen LogP contribution is 2.30. The highest BCUT2D eigenvalue weighted by atomic mass is 35.5. The number of hydrogen-bond acceptors (Lipinski definition) is 3. The van der Waals surface area contributed by atoms with Crippen molar-refractivity contribution in [2.24, 2.45) is 0 Å². The third-order valence-corrected chi connectivity index (χ3v) is 6.04. The van der Waals surface area contributed by atoms with E-state index in [1.807, 2.05) is 36.4 Å². The second kappa shape index (κ2) is 6.89. The van der Waals surface area contributed by atoms with Gasteiger partial charge in [0.25, 0.3) is 0 Å². The van der Waals surface area contributed by atoms with Crippen LogP contribution in [-0.2, 0) is 9.84 Å². The van der Waals surface area contributed by atoms with E-state index in [9.17, 15) is 13.7 Å². The van der Waals surface area contributed by atoms with Crippen molar-refractivity contribution >= 4 is 49.9 Å². The Balaban J connectivity index is 2.13. The van der Waals surface area contributed by atoms with Gasteiger partial charge in [-0.2, -0.15) is 5.26 Å². The van der Waals surface area contributed by atoms with Gasteiger partial charge in [0.2, 0.25) is 9.84 Å².